The minimum absolute atomic E-state index is 0.0180. The van der Waals surface area contributed by atoms with Gasteiger partial charge in [-0.3, -0.25) is 9.52 Å². The molecule has 0 spiro atoms. The maximum atomic E-state index is 11.9. The van der Waals surface area contributed by atoms with Gasteiger partial charge in [0.25, 0.3) is 0 Å². The third-order valence-corrected chi connectivity index (χ3v) is 7.96. The number of benzene rings is 3. The summed E-state index contributed by atoms with van der Waals surface area (Å²) < 4.78 is 26.3. The van der Waals surface area contributed by atoms with Gasteiger partial charge >= 0.3 is 0 Å². The van der Waals surface area contributed by atoms with Crippen molar-refractivity contribution in [3.63, 3.8) is 0 Å². The SMILES string of the molecule is CCS(=O)(=O)Nc1ccc(-c2cccc3cnc(Nc4cccc(N5CCN(C(C)=O)CC5)c4)nc23)cc1. The molecular weight excluding hydrogens is 500 g/mol. The lowest BCUT2D eigenvalue weighted by atomic mass is 10.0. The number of para-hydroxylation sites is 1. The minimum Gasteiger partial charge on any atom is -0.368 e. The van der Waals surface area contributed by atoms with Crippen LogP contribution in [0.15, 0.2) is 72.9 Å². The fourth-order valence-corrected chi connectivity index (χ4v) is 5.15. The standard InChI is InChI=1S/C28H30N6O3S/c1-3-38(36,37)32-23-12-10-21(11-13-23)26-9-4-6-22-19-29-28(31-27(22)26)30-24-7-5-8-25(18-24)34-16-14-33(15-17-34)20(2)35/h4-13,18-19,32H,3,14-17H2,1-2H3,(H,29,30,31). The second-order valence-electron chi connectivity index (χ2n) is 9.19. The molecule has 1 fully saturated rings. The number of amides is 1. The van der Waals surface area contributed by atoms with Crippen molar-refractivity contribution in [1.82, 2.24) is 14.9 Å². The van der Waals surface area contributed by atoms with Gasteiger partial charge in [0.05, 0.1) is 11.3 Å². The maximum absolute atomic E-state index is 11.9. The summed E-state index contributed by atoms with van der Waals surface area (Å²) in [5.41, 5.74) is 5.12. The Morgan fingerprint density at radius 2 is 1.68 bits per heavy atom. The number of carbonyl (C=O) groups excluding carboxylic acids is 1. The third kappa shape index (κ3) is 5.70. The molecule has 1 aliphatic rings. The van der Waals surface area contributed by atoms with E-state index in [1.54, 1.807) is 32.2 Å². The summed E-state index contributed by atoms with van der Waals surface area (Å²) >= 11 is 0. The van der Waals surface area contributed by atoms with Crippen molar-refractivity contribution in [1.29, 1.82) is 0 Å². The number of aromatic nitrogens is 2. The first-order valence-electron chi connectivity index (χ1n) is 12.6. The number of hydrogen-bond donors (Lipinski definition) is 2. The quantitative estimate of drug-likeness (QED) is 0.363. The number of carbonyl (C=O) groups is 1. The van der Waals surface area contributed by atoms with Crippen LogP contribution in [0.3, 0.4) is 0 Å². The highest BCUT2D eigenvalue weighted by Crippen LogP contribution is 2.30. The predicted octanol–water partition coefficient (Wildman–Crippen LogP) is 4.47. The average Bonchev–Trinajstić information content (AvgIpc) is 2.93. The molecule has 1 aromatic heterocycles. The van der Waals surface area contributed by atoms with E-state index in [1.807, 2.05) is 47.4 Å². The zero-order valence-electron chi connectivity index (χ0n) is 21.4. The molecule has 0 saturated carbocycles. The molecule has 5 rings (SSSR count). The molecule has 10 heteroatoms. The van der Waals surface area contributed by atoms with E-state index in [-0.39, 0.29) is 11.7 Å². The molecule has 196 valence electrons. The Bertz CT molecular complexity index is 1570. The van der Waals surface area contributed by atoms with Crippen molar-refractivity contribution in [2.45, 2.75) is 13.8 Å². The van der Waals surface area contributed by atoms with Gasteiger partial charge in [-0.1, -0.05) is 36.4 Å². The van der Waals surface area contributed by atoms with Crippen LogP contribution in [0.25, 0.3) is 22.0 Å². The Hall–Kier alpha value is -4.18. The van der Waals surface area contributed by atoms with Crippen molar-refractivity contribution in [2.75, 3.05) is 46.9 Å². The topological polar surface area (TPSA) is 108 Å². The molecule has 4 aromatic rings. The van der Waals surface area contributed by atoms with Gasteiger partial charge in [-0.25, -0.2) is 18.4 Å². The second-order valence-corrected chi connectivity index (χ2v) is 11.2. The Labute approximate surface area is 222 Å². The largest absolute Gasteiger partial charge is 0.368 e. The van der Waals surface area contributed by atoms with Gasteiger partial charge in [0, 0.05) is 67.3 Å². The molecule has 0 bridgehead atoms. The first-order valence-corrected chi connectivity index (χ1v) is 14.2. The van der Waals surface area contributed by atoms with E-state index in [0.717, 1.165) is 59.6 Å². The van der Waals surface area contributed by atoms with Gasteiger partial charge in [0.2, 0.25) is 21.9 Å². The maximum Gasteiger partial charge on any atom is 0.232 e. The molecular formula is C28H30N6O3S. The lowest BCUT2D eigenvalue weighted by Crippen LogP contribution is -2.48. The van der Waals surface area contributed by atoms with Crippen LogP contribution >= 0.6 is 0 Å². The first kappa shape index (κ1) is 25.5. The number of rotatable bonds is 7. The summed E-state index contributed by atoms with van der Waals surface area (Å²) in [7, 11) is -3.33. The molecule has 0 unspecified atom stereocenters. The molecule has 0 aliphatic carbocycles. The second kappa shape index (κ2) is 10.7. The third-order valence-electron chi connectivity index (χ3n) is 6.65. The zero-order chi connectivity index (χ0) is 26.7. The van der Waals surface area contributed by atoms with Gasteiger partial charge in [-0.2, -0.15) is 0 Å². The monoisotopic (exact) mass is 530 g/mol. The normalized spacial score (nSPS) is 13.9. The van der Waals surface area contributed by atoms with Gasteiger partial charge < -0.3 is 15.1 Å². The summed E-state index contributed by atoms with van der Waals surface area (Å²) in [6.07, 6.45) is 1.79. The number of sulfonamides is 1. The van der Waals surface area contributed by atoms with Crippen LogP contribution in [0, 0.1) is 0 Å². The van der Waals surface area contributed by atoms with Crippen LogP contribution in [0.5, 0.6) is 0 Å². The highest BCUT2D eigenvalue weighted by atomic mass is 32.2. The zero-order valence-corrected chi connectivity index (χ0v) is 22.2. The molecule has 9 nitrogen and oxygen atoms in total. The van der Waals surface area contributed by atoms with Gasteiger partial charge in [-0.05, 0) is 42.8 Å². The van der Waals surface area contributed by atoms with E-state index in [2.05, 4.69) is 32.1 Å². The molecule has 2 heterocycles. The van der Waals surface area contributed by atoms with Crippen molar-refractivity contribution < 1.29 is 13.2 Å². The molecule has 1 saturated heterocycles. The fraction of sp³-hybridized carbons (Fsp3) is 0.250. The molecule has 38 heavy (non-hydrogen) atoms. The summed E-state index contributed by atoms with van der Waals surface area (Å²) in [6, 6.07) is 21.3. The molecule has 0 radical (unpaired) electrons. The first-order chi connectivity index (χ1) is 18.3. The van der Waals surface area contributed by atoms with Crippen LogP contribution in [0.2, 0.25) is 0 Å². The van der Waals surface area contributed by atoms with Crippen molar-refractivity contribution >= 4 is 49.8 Å². The van der Waals surface area contributed by atoms with E-state index in [1.165, 1.54) is 0 Å². The number of anilines is 4. The smallest absolute Gasteiger partial charge is 0.232 e. The van der Waals surface area contributed by atoms with Crippen LogP contribution < -0.4 is 14.9 Å². The van der Waals surface area contributed by atoms with Gasteiger partial charge in [0.15, 0.2) is 0 Å². The average molecular weight is 531 g/mol. The van der Waals surface area contributed by atoms with Crippen molar-refractivity contribution in [3.05, 3.63) is 72.9 Å². The Balaban J connectivity index is 1.37. The van der Waals surface area contributed by atoms with Gasteiger partial charge in [0.1, 0.15) is 0 Å². The highest BCUT2D eigenvalue weighted by Gasteiger charge is 2.19. The van der Waals surface area contributed by atoms with Crippen LogP contribution in [-0.4, -0.2) is 61.1 Å². The summed E-state index contributed by atoms with van der Waals surface area (Å²) in [4.78, 5) is 25.1. The number of hydrogen-bond acceptors (Lipinski definition) is 7. The van der Waals surface area contributed by atoms with E-state index in [0.29, 0.717) is 11.6 Å². The number of fused-ring (bicyclic) bond motifs is 1. The van der Waals surface area contributed by atoms with E-state index >= 15 is 0 Å². The fourth-order valence-electron chi connectivity index (χ4n) is 4.51. The highest BCUT2D eigenvalue weighted by molar-refractivity contribution is 7.92. The molecule has 2 N–H and O–H groups in total. The number of nitrogens with one attached hydrogen (secondary N) is 2. The lowest BCUT2D eigenvalue weighted by molar-refractivity contribution is -0.129. The molecule has 1 amide bonds. The Kier molecular flexibility index (Phi) is 7.15. The number of nitrogens with zero attached hydrogens (tertiary/aromatic N) is 4. The van der Waals surface area contributed by atoms with Crippen LogP contribution in [-0.2, 0) is 14.8 Å². The predicted molar refractivity (Wildman–Crippen MR) is 152 cm³/mol. The summed E-state index contributed by atoms with van der Waals surface area (Å²) in [5.74, 6) is 0.616. The molecule has 1 aliphatic heterocycles. The van der Waals surface area contributed by atoms with E-state index < -0.39 is 10.0 Å². The Morgan fingerprint density at radius 1 is 0.947 bits per heavy atom. The van der Waals surface area contributed by atoms with Crippen LogP contribution in [0.1, 0.15) is 13.8 Å². The molecule has 0 atom stereocenters. The van der Waals surface area contributed by atoms with Crippen molar-refractivity contribution in [3.8, 4) is 11.1 Å². The summed E-state index contributed by atoms with van der Waals surface area (Å²) in [6.45, 7) is 6.23. The van der Waals surface area contributed by atoms with E-state index in [9.17, 15) is 13.2 Å². The molecule has 3 aromatic carbocycles. The van der Waals surface area contributed by atoms with Crippen molar-refractivity contribution in [2.24, 2.45) is 0 Å². The van der Waals surface area contributed by atoms with Gasteiger partial charge in [-0.15, -0.1) is 0 Å². The van der Waals surface area contributed by atoms with Crippen LogP contribution in [0.4, 0.5) is 23.0 Å². The number of piperazine rings is 1. The lowest BCUT2D eigenvalue weighted by Gasteiger charge is -2.35. The van der Waals surface area contributed by atoms with E-state index in [4.69, 9.17) is 4.98 Å². The Morgan fingerprint density at radius 3 is 2.39 bits per heavy atom. The minimum atomic E-state index is -3.33. The summed E-state index contributed by atoms with van der Waals surface area (Å²) in [5, 5.41) is 4.24.